The predicted molar refractivity (Wildman–Crippen MR) is 73.2 cm³/mol. The van der Waals surface area contributed by atoms with Crippen molar-refractivity contribution in [1.29, 1.82) is 0 Å². The van der Waals surface area contributed by atoms with Crippen LogP contribution < -0.4 is 5.73 Å². The van der Waals surface area contributed by atoms with Gasteiger partial charge in [-0.05, 0) is 30.9 Å². The van der Waals surface area contributed by atoms with E-state index in [4.69, 9.17) is 14.9 Å². The first-order valence-corrected chi connectivity index (χ1v) is 7.66. The summed E-state index contributed by atoms with van der Waals surface area (Å²) in [5.74, 6) is 1.01. The van der Waals surface area contributed by atoms with Crippen molar-refractivity contribution in [1.82, 2.24) is 4.98 Å². The lowest BCUT2D eigenvalue weighted by molar-refractivity contribution is 0.0725. The summed E-state index contributed by atoms with van der Waals surface area (Å²) in [5, 5.41) is 0.298. The van der Waals surface area contributed by atoms with E-state index in [0.717, 1.165) is 26.1 Å². The van der Waals surface area contributed by atoms with Gasteiger partial charge >= 0.3 is 0 Å². The fraction of sp³-hybridized carbons (Fsp3) is 0.462. The van der Waals surface area contributed by atoms with Crippen LogP contribution in [-0.2, 0) is 15.5 Å². The molecule has 2 aromatic rings. The number of fused-ring (bicyclic) bond motifs is 1. The average molecular weight is 280 g/mol. The minimum absolute atomic E-state index is 0.298. The highest BCUT2D eigenvalue weighted by Gasteiger charge is 2.20. The van der Waals surface area contributed by atoms with Crippen molar-refractivity contribution in [2.24, 2.45) is 5.92 Å². The molecule has 0 aliphatic carbocycles. The van der Waals surface area contributed by atoms with Gasteiger partial charge in [-0.1, -0.05) is 0 Å². The minimum Gasteiger partial charge on any atom is -0.430 e. The molecule has 2 heterocycles. The molecule has 0 radical (unpaired) electrons. The standard InChI is InChI=1S/C13H16N2O3S/c14-10-1-2-11-12(7-10)18-13(15-11)19(16)8-9-3-5-17-6-4-9/h1-2,7,9H,3-6,8,14H2. The number of nitrogen functional groups attached to an aromatic ring is 1. The van der Waals surface area contributed by atoms with Crippen molar-refractivity contribution in [2.45, 2.75) is 18.1 Å². The van der Waals surface area contributed by atoms with Crippen LogP contribution >= 0.6 is 0 Å². The molecule has 0 bridgehead atoms. The number of rotatable bonds is 3. The molecule has 1 aromatic carbocycles. The van der Waals surface area contributed by atoms with E-state index in [1.54, 1.807) is 18.2 Å². The van der Waals surface area contributed by atoms with Gasteiger partial charge in [0.25, 0.3) is 5.22 Å². The van der Waals surface area contributed by atoms with E-state index >= 15 is 0 Å². The topological polar surface area (TPSA) is 78.3 Å². The van der Waals surface area contributed by atoms with Gasteiger partial charge in [-0.25, -0.2) is 9.19 Å². The monoisotopic (exact) mass is 280 g/mol. The van der Waals surface area contributed by atoms with Gasteiger partial charge in [0.1, 0.15) is 16.3 Å². The van der Waals surface area contributed by atoms with Gasteiger partial charge in [0.15, 0.2) is 5.58 Å². The summed E-state index contributed by atoms with van der Waals surface area (Å²) in [6.07, 6.45) is 1.91. The molecular weight excluding hydrogens is 264 g/mol. The second kappa shape index (κ2) is 5.30. The number of ether oxygens (including phenoxy) is 1. The first-order chi connectivity index (χ1) is 9.22. The van der Waals surface area contributed by atoms with Crippen molar-refractivity contribution >= 4 is 27.6 Å². The number of benzene rings is 1. The van der Waals surface area contributed by atoms with Gasteiger partial charge in [-0.2, -0.15) is 0 Å². The Morgan fingerprint density at radius 1 is 1.37 bits per heavy atom. The van der Waals surface area contributed by atoms with Crippen LogP contribution in [0.25, 0.3) is 11.1 Å². The molecule has 0 spiro atoms. The molecule has 1 unspecified atom stereocenters. The molecule has 1 atom stereocenters. The van der Waals surface area contributed by atoms with Gasteiger partial charge in [0.2, 0.25) is 0 Å². The van der Waals surface area contributed by atoms with Gasteiger partial charge in [-0.15, -0.1) is 0 Å². The molecule has 2 N–H and O–H groups in total. The normalized spacial score (nSPS) is 18.7. The smallest absolute Gasteiger partial charge is 0.287 e. The van der Waals surface area contributed by atoms with Crippen LogP contribution in [0.15, 0.2) is 27.8 Å². The van der Waals surface area contributed by atoms with Crippen molar-refractivity contribution in [3.63, 3.8) is 0 Å². The fourth-order valence-corrected chi connectivity index (χ4v) is 3.50. The highest BCUT2D eigenvalue weighted by atomic mass is 32.2. The zero-order chi connectivity index (χ0) is 13.2. The maximum absolute atomic E-state index is 12.3. The van der Waals surface area contributed by atoms with Crippen molar-refractivity contribution in [3.05, 3.63) is 18.2 Å². The second-order valence-electron chi connectivity index (χ2n) is 4.77. The summed E-state index contributed by atoms with van der Waals surface area (Å²) >= 11 is 0. The van der Waals surface area contributed by atoms with Crippen molar-refractivity contribution in [3.8, 4) is 0 Å². The molecule has 5 nitrogen and oxygen atoms in total. The Balaban J connectivity index is 1.77. The maximum Gasteiger partial charge on any atom is 0.287 e. The summed E-state index contributed by atoms with van der Waals surface area (Å²) in [4.78, 5) is 4.27. The lowest BCUT2D eigenvalue weighted by Crippen LogP contribution is -2.21. The van der Waals surface area contributed by atoms with Gasteiger partial charge < -0.3 is 14.9 Å². The molecule has 1 saturated heterocycles. The van der Waals surface area contributed by atoms with Gasteiger partial charge in [0, 0.05) is 30.7 Å². The van der Waals surface area contributed by atoms with Crippen LogP contribution in [0.5, 0.6) is 0 Å². The van der Waals surface area contributed by atoms with Crippen LogP contribution in [0.2, 0.25) is 0 Å². The Bertz CT molecular complexity index is 605. The molecule has 6 heteroatoms. The highest BCUT2D eigenvalue weighted by molar-refractivity contribution is 7.84. The summed E-state index contributed by atoms with van der Waals surface area (Å²) < 4.78 is 23.1. The summed E-state index contributed by atoms with van der Waals surface area (Å²) in [7, 11) is -1.19. The first-order valence-electron chi connectivity index (χ1n) is 6.34. The Morgan fingerprint density at radius 2 is 2.16 bits per heavy atom. The molecule has 102 valence electrons. The van der Waals surface area contributed by atoms with Crippen LogP contribution in [-0.4, -0.2) is 28.2 Å². The number of nitrogens with two attached hydrogens (primary N) is 1. The second-order valence-corrected chi connectivity index (χ2v) is 6.15. The maximum atomic E-state index is 12.3. The summed E-state index contributed by atoms with van der Waals surface area (Å²) in [5.41, 5.74) is 7.59. The van der Waals surface area contributed by atoms with Gasteiger partial charge in [0.05, 0.1) is 0 Å². The molecule has 3 rings (SSSR count). The lowest BCUT2D eigenvalue weighted by atomic mass is 10.0. The van der Waals surface area contributed by atoms with E-state index in [1.165, 1.54) is 0 Å². The van der Waals surface area contributed by atoms with Crippen LogP contribution in [0.3, 0.4) is 0 Å². The van der Waals surface area contributed by atoms with E-state index in [1.807, 2.05) is 0 Å². The number of hydrogen-bond acceptors (Lipinski definition) is 5. The molecule has 1 aromatic heterocycles. The number of oxazole rings is 1. The molecule has 0 saturated carbocycles. The van der Waals surface area contributed by atoms with E-state index in [0.29, 0.717) is 33.7 Å². The Hall–Kier alpha value is -1.40. The van der Waals surface area contributed by atoms with E-state index in [2.05, 4.69) is 4.98 Å². The Morgan fingerprint density at radius 3 is 2.95 bits per heavy atom. The largest absolute Gasteiger partial charge is 0.430 e. The third kappa shape index (κ3) is 2.79. The molecular formula is C13H16N2O3S. The average Bonchev–Trinajstić information content (AvgIpc) is 2.83. The zero-order valence-corrected chi connectivity index (χ0v) is 11.3. The van der Waals surface area contributed by atoms with Crippen LogP contribution in [0, 0.1) is 5.92 Å². The highest BCUT2D eigenvalue weighted by Crippen LogP contribution is 2.23. The summed E-state index contributed by atoms with van der Waals surface area (Å²) in [6, 6.07) is 5.25. The molecule has 19 heavy (non-hydrogen) atoms. The number of hydrogen-bond donors (Lipinski definition) is 1. The molecule has 1 aliphatic rings. The lowest BCUT2D eigenvalue weighted by Gasteiger charge is -2.20. The van der Waals surface area contributed by atoms with E-state index in [-0.39, 0.29) is 0 Å². The molecule has 1 aliphatic heterocycles. The summed E-state index contributed by atoms with van der Waals surface area (Å²) in [6.45, 7) is 1.51. The fourth-order valence-electron chi connectivity index (χ4n) is 2.22. The Labute approximate surface area is 113 Å². The van der Waals surface area contributed by atoms with Crippen LogP contribution in [0.4, 0.5) is 5.69 Å². The van der Waals surface area contributed by atoms with E-state index < -0.39 is 10.8 Å². The SMILES string of the molecule is Nc1ccc2nc(S(=O)CC3CCOCC3)oc2c1. The Kier molecular flexibility index (Phi) is 3.52. The number of anilines is 1. The van der Waals surface area contributed by atoms with Crippen LogP contribution in [0.1, 0.15) is 12.8 Å². The third-order valence-electron chi connectivity index (χ3n) is 3.32. The first kappa shape index (κ1) is 12.6. The molecule has 1 fully saturated rings. The molecule has 0 amide bonds. The zero-order valence-electron chi connectivity index (χ0n) is 10.5. The minimum atomic E-state index is -1.19. The number of aromatic nitrogens is 1. The van der Waals surface area contributed by atoms with Crippen molar-refractivity contribution < 1.29 is 13.4 Å². The predicted octanol–water partition coefficient (Wildman–Crippen LogP) is 1.94. The quantitative estimate of drug-likeness (QED) is 0.869. The van der Waals surface area contributed by atoms with Crippen molar-refractivity contribution in [2.75, 3.05) is 24.7 Å². The number of nitrogens with zero attached hydrogens (tertiary/aromatic N) is 1. The van der Waals surface area contributed by atoms with E-state index in [9.17, 15) is 4.21 Å². The third-order valence-corrected chi connectivity index (χ3v) is 4.65. The van der Waals surface area contributed by atoms with Gasteiger partial charge in [-0.3, -0.25) is 0 Å².